The predicted molar refractivity (Wildman–Crippen MR) is 85.3 cm³/mol. The Hall–Kier alpha value is -1.15. The Kier molecular flexibility index (Phi) is 2.32. The molecule has 0 aromatic heterocycles. The van der Waals surface area contributed by atoms with Crippen molar-refractivity contribution >= 4 is 5.78 Å². The van der Waals surface area contributed by atoms with Crippen LogP contribution in [0.1, 0.15) is 52.4 Å². The molecule has 0 N–H and O–H groups in total. The van der Waals surface area contributed by atoms with Crippen molar-refractivity contribution in [1.82, 2.24) is 0 Å². The Morgan fingerprint density at radius 2 is 2.05 bits per heavy atom. The first-order valence-electron chi connectivity index (χ1n) is 8.85. The first-order valence-corrected chi connectivity index (χ1v) is 8.85. The molecule has 2 heteroatoms. The summed E-state index contributed by atoms with van der Waals surface area (Å²) in [6.45, 7) is 4.93. The highest BCUT2D eigenvalue weighted by molar-refractivity contribution is 6.02. The minimum atomic E-state index is -0.304. The van der Waals surface area contributed by atoms with E-state index in [4.69, 9.17) is 4.74 Å². The zero-order valence-electron chi connectivity index (χ0n) is 13.5. The average molecular weight is 296 g/mol. The summed E-state index contributed by atoms with van der Waals surface area (Å²) >= 11 is 0. The quantitative estimate of drug-likeness (QED) is 0.672. The molecule has 0 amide bonds. The van der Waals surface area contributed by atoms with Gasteiger partial charge in [0, 0.05) is 0 Å². The van der Waals surface area contributed by atoms with Crippen molar-refractivity contribution in [2.75, 3.05) is 0 Å². The van der Waals surface area contributed by atoms with Gasteiger partial charge in [-0.3, -0.25) is 4.79 Å². The molecule has 1 saturated heterocycles. The van der Waals surface area contributed by atoms with Crippen molar-refractivity contribution in [3.8, 4) is 0 Å². The molecule has 0 radical (unpaired) electrons. The molecule has 2 heterocycles. The van der Waals surface area contributed by atoms with E-state index in [1.165, 1.54) is 24.8 Å². The van der Waals surface area contributed by atoms with Gasteiger partial charge in [-0.05, 0) is 85.2 Å². The van der Waals surface area contributed by atoms with Crippen molar-refractivity contribution in [3.05, 3.63) is 35.5 Å². The van der Waals surface area contributed by atoms with E-state index in [-0.39, 0.29) is 17.0 Å². The highest BCUT2D eigenvalue weighted by atomic mass is 16.5. The fourth-order valence-electron chi connectivity index (χ4n) is 6.22. The lowest BCUT2D eigenvalue weighted by atomic mass is 9.57. The fraction of sp³-hybridized carbons (Fsp3) is 0.650. The maximum atomic E-state index is 11.8. The summed E-state index contributed by atoms with van der Waals surface area (Å²) in [5.74, 6) is 1.56. The molecule has 3 fully saturated rings. The number of rotatable bonds is 0. The number of hydrogen-bond donors (Lipinski definition) is 0. The molecule has 116 valence electrons. The molecule has 0 aromatic carbocycles. The monoisotopic (exact) mass is 296 g/mol. The summed E-state index contributed by atoms with van der Waals surface area (Å²) < 4.78 is 6.88. The molecule has 2 nitrogen and oxygen atoms in total. The van der Waals surface area contributed by atoms with Gasteiger partial charge in [0.05, 0.1) is 5.60 Å². The average Bonchev–Trinajstić information content (AvgIpc) is 2.97. The van der Waals surface area contributed by atoms with Crippen LogP contribution < -0.4 is 0 Å². The highest BCUT2D eigenvalue weighted by Gasteiger charge is 2.65. The largest absolute Gasteiger partial charge is 0.355 e. The molecule has 2 bridgehead atoms. The Balaban J connectivity index is 1.67. The van der Waals surface area contributed by atoms with Crippen LogP contribution in [0.15, 0.2) is 35.5 Å². The number of ketones is 1. The number of ether oxygens (including phenoxy) is 1. The van der Waals surface area contributed by atoms with Gasteiger partial charge in [-0.25, -0.2) is 0 Å². The highest BCUT2D eigenvalue weighted by Crippen LogP contribution is 2.67. The van der Waals surface area contributed by atoms with E-state index in [1.807, 2.05) is 6.08 Å². The van der Waals surface area contributed by atoms with Crippen LogP contribution in [0.5, 0.6) is 0 Å². The maximum Gasteiger partial charge on any atom is 0.178 e. The van der Waals surface area contributed by atoms with Gasteiger partial charge in [0.1, 0.15) is 5.60 Å². The molecular weight excluding hydrogens is 272 g/mol. The lowest BCUT2D eigenvalue weighted by Gasteiger charge is -2.54. The molecule has 22 heavy (non-hydrogen) atoms. The number of carbonyl (C=O) groups is 1. The summed E-state index contributed by atoms with van der Waals surface area (Å²) in [6.07, 6.45) is 15.1. The third kappa shape index (κ3) is 1.34. The second-order valence-electron chi connectivity index (χ2n) is 8.42. The molecule has 2 saturated carbocycles. The summed E-state index contributed by atoms with van der Waals surface area (Å²) in [6, 6.07) is 0. The maximum absolute atomic E-state index is 11.8. The van der Waals surface area contributed by atoms with Crippen LogP contribution in [0.25, 0.3) is 0 Å². The molecule has 3 aliphatic carbocycles. The number of hydrogen-bond acceptors (Lipinski definition) is 2. The molecule has 0 aromatic rings. The third-order valence-corrected chi connectivity index (χ3v) is 7.71. The number of allylic oxidation sites excluding steroid dienone is 2. The van der Waals surface area contributed by atoms with Crippen LogP contribution in [-0.4, -0.2) is 17.0 Å². The normalized spacial score (nSPS) is 51.8. The minimum absolute atomic E-state index is 0.0418. The lowest BCUT2D eigenvalue weighted by molar-refractivity contribution is -0.126. The van der Waals surface area contributed by atoms with Crippen molar-refractivity contribution in [2.24, 2.45) is 17.3 Å². The zero-order valence-corrected chi connectivity index (χ0v) is 13.5. The third-order valence-electron chi connectivity index (χ3n) is 7.71. The Morgan fingerprint density at radius 1 is 1.18 bits per heavy atom. The molecule has 2 spiro atoms. The predicted octanol–water partition coefficient (Wildman–Crippen LogP) is 4.13. The van der Waals surface area contributed by atoms with Gasteiger partial charge in [-0.1, -0.05) is 19.9 Å². The second kappa shape index (κ2) is 3.84. The Morgan fingerprint density at radius 3 is 2.91 bits per heavy atom. The first kappa shape index (κ1) is 13.3. The standard InChI is InChI=1S/C20H24O2/c1-13-3-4-17-18(13,2)7-5-14-11-15-12-16(21)6-8-19(15)9-10-20(14,17)22-19/h6,8,11-13,17H,3-5,7,9-10H2,1-2H3. The van der Waals surface area contributed by atoms with Crippen LogP contribution in [0.4, 0.5) is 0 Å². The fourth-order valence-corrected chi connectivity index (χ4v) is 6.22. The first-order chi connectivity index (χ1) is 10.5. The van der Waals surface area contributed by atoms with E-state index in [1.54, 1.807) is 12.2 Å². The number of carbonyl (C=O) groups excluding carboxylic acids is 1. The molecular formula is C20H24O2. The van der Waals surface area contributed by atoms with E-state index < -0.39 is 0 Å². The van der Waals surface area contributed by atoms with Gasteiger partial charge in [0.15, 0.2) is 5.78 Å². The van der Waals surface area contributed by atoms with Gasteiger partial charge in [0.25, 0.3) is 0 Å². The Labute approximate surface area is 132 Å². The van der Waals surface area contributed by atoms with Crippen LogP contribution in [0.2, 0.25) is 0 Å². The molecule has 5 aliphatic rings. The van der Waals surface area contributed by atoms with Crippen LogP contribution in [-0.2, 0) is 9.53 Å². The van der Waals surface area contributed by atoms with Crippen LogP contribution in [0.3, 0.4) is 0 Å². The second-order valence-corrected chi connectivity index (χ2v) is 8.42. The zero-order chi connectivity index (χ0) is 15.2. The van der Waals surface area contributed by atoms with Gasteiger partial charge in [-0.15, -0.1) is 0 Å². The summed E-state index contributed by atoms with van der Waals surface area (Å²) in [7, 11) is 0. The van der Waals surface area contributed by atoms with Crippen molar-refractivity contribution in [2.45, 2.75) is 63.6 Å². The summed E-state index contributed by atoms with van der Waals surface area (Å²) in [5.41, 5.74) is 2.67. The van der Waals surface area contributed by atoms with Crippen molar-refractivity contribution in [1.29, 1.82) is 0 Å². The van der Waals surface area contributed by atoms with Gasteiger partial charge < -0.3 is 4.74 Å². The van der Waals surface area contributed by atoms with E-state index >= 15 is 0 Å². The lowest BCUT2D eigenvalue weighted by Crippen LogP contribution is -2.54. The summed E-state index contributed by atoms with van der Waals surface area (Å²) in [5, 5.41) is 0. The van der Waals surface area contributed by atoms with Gasteiger partial charge in [-0.2, -0.15) is 0 Å². The molecule has 5 rings (SSSR count). The molecule has 5 unspecified atom stereocenters. The summed E-state index contributed by atoms with van der Waals surface area (Å²) in [4.78, 5) is 11.8. The van der Waals surface area contributed by atoms with Crippen LogP contribution in [0, 0.1) is 17.3 Å². The number of fused-ring (bicyclic) bond motifs is 1. The topological polar surface area (TPSA) is 26.3 Å². The van der Waals surface area contributed by atoms with Gasteiger partial charge in [0.2, 0.25) is 0 Å². The SMILES string of the molecule is CC1CCC2C34CCC5(C=CC(=O)C=C5C=C3CCC12C)O4. The molecule has 5 atom stereocenters. The van der Waals surface area contributed by atoms with Crippen molar-refractivity contribution in [3.63, 3.8) is 0 Å². The molecule has 2 aliphatic heterocycles. The van der Waals surface area contributed by atoms with E-state index in [9.17, 15) is 4.79 Å². The van der Waals surface area contributed by atoms with Gasteiger partial charge >= 0.3 is 0 Å². The van der Waals surface area contributed by atoms with Crippen molar-refractivity contribution < 1.29 is 9.53 Å². The Bertz CT molecular complexity index is 669. The van der Waals surface area contributed by atoms with E-state index in [0.717, 1.165) is 30.8 Å². The van der Waals surface area contributed by atoms with Crippen LogP contribution >= 0.6 is 0 Å². The smallest absolute Gasteiger partial charge is 0.178 e. The van der Waals surface area contributed by atoms with E-state index in [0.29, 0.717) is 11.3 Å². The van der Waals surface area contributed by atoms with E-state index in [2.05, 4.69) is 19.9 Å². The minimum Gasteiger partial charge on any atom is -0.355 e.